The van der Waals surface area contributed by atoms with Crippen LogP contribution in [0.2, 0.25) is 0 Å². The van der Waals surface area contributed by atoms with Crippen LogP contribution in [0.4, 0.5) is 0 Å². The maximum atomic E-state index is 12.6. The van der Waals surface area contributed by atoms with Crippen LogP contribution in [0, 0.1) is 0 Å². The molecule has 4 nitrogen and oxygen atoms in total. The van der Waals surface area contributed by atoms with E-state index >= 15 is 0 Å². The Balaban J connectivity index is 0.00000208. The highest BCUT2D eigenvalue weighted by Gasteiger charge is 2.31. The number of carbonyl (C=O) groups is 1. The molecule has 3 rings (SSSR count). The molecule has 0 aliphatic carbocycles. The van der Waals surface area contributed by atoms with Crippen LogP contribution in [0.25, 0.3) is 0 Å². The minimum absolute atomic E-state index is 0. The van der Waals surface area contributed by atoms with Crippen molar-refractivity contribution >= 4 is 18.3 Å². The molecule has 2 unspecified atom stereocenters. The summed E-state index contributed by atoms with van der Waals surface area (Å²) in [5.41, 5.74) is 9.65. The number of hydrogen-bond donors (Lipinski definition) is 1. The van der Waals surface area contributed by atoms with E-state index in [0.717, 1.165) is 0 Å². The van der Waals surface area contributed by atoms with Gasteiger partial charge in [-0.1, -0.05) is 54.6 Å². The lowest BCUT2D eigenvalue weighted by Gasteiger charge is -2.36. The fraction of sp³-hybridized carbons (Fsp3) is 0.316. The highest BCUT2D eigenvalue weighted by Crippen LogP contribution is 2.33. The Morgan fingerprint density at radius 2 is 1.88 bits per heavy atom. The SMILES string of the molecule is COCC(N)C(=O)N1Cc2ccccc2C(c2ccccc2)C1.Cl. The summed E-state index contributed by atoms with van der Waals surface area (Å²) in [5.74, 6) is 0.127. The molecular formula is C19H23ClN2O2. The summed E-state index contributed by atoms with van der Waals surface area (Å²) in [6.45, 7) is 1.50. The predicted octanol–water partition coefficient (Wildman–Crippen LogP) is 2.56. The maximum Gasteiger partial charge on any atom is 0.242 e. The first-order valence-corrected chi connectivity index (χ1v) is 7.86. The molecule has 1 aliphatic rings. The molecule has 2 aromatic carbocycles. The third-order valence-corrected chi connectivity index (χ3v) is 4.37. The van der Waals surface area contributed by atoms with E-state index in [0.29, 0.717) is 13.1 Å². The van der Waals surface area contributed by atoms with Crippen LogP contribution in [-0.4, -0.2) is 37.1 Å². The highest BCUT2D eigenvalue weighted by molar-refractivity contribution is 5.85. The first kappa shape index (κ1) is 18.5. The van der Waals surface area contributed by atoms with E-state index in [-0.39, 0.29) is 30.8 Å². The van der Waals surface area contributed by atoms with Gasteiger partial charge in [0.1, 0.15) is 6.04 Å². The fourth-order valence-corrected chi connectivity index (χ4v) is 3.23. The van der Waals surface area contributed by atoms with Crippen molar-refractivity contribution < 1.29 is 9.53 Å². The van der Waals surface area contributed by atoms with Crippen LogP contribution in [0.15, 0.2) is 54.6 Å². The van der Waals surface area contributed by atoms with Crippen LogP contribution in [-0.2, 0) is 16.1 Å². The number of hydrogen-bond acceptors (Lipinski definition) is 3. The number of carbonyl (C=O) groups excluding carboxylic acids is 1. The van der Waals surface area contributed by atoms with Crippen molar-refractivity contribution in [3.63, 3.8) is 0 Å². The number of amides is 1. The molecule has 1 heterocycles. The minimum atomic E-state index is -0.610. The third-order valence-electron chi connectivity index (χ3n) is 4.37. The standard InChI is InChI=1S/C19H22N2O2.ClH/c1-23-13-18(20)19(22)21-11-15-9-5-6-10-16(15)17(12-21)14-7-3-2-4-8-14;/h2-10,17-18H,11-13,20H2,1H3;1H. The average molecular weight is 347 g/mol. The van der Waals surface area contributed by atoms with Crippen LogP contribution in [0.5, 0.6) is 0 Å². The number of ether oxygens (including phenoxy) is 1. The topological polar surface area (TPSA) is 55.6 Å². The summed E-state index contributed by atoms with van der Waals surface area (Å²) in [6.07, 6.45) is 0. The monoisotopic (exact) mass is 346 g/mol. The number of benzene rings is 2. The van der Waals surface area contributed by atoms with Gasteiger partial charge in [-0.3, -0.25) is 4.79 Å². The molecule has 2 aromatic rings. The van der Waals surface area contributed by atoms with Crippen LogP contribution >= 0.6 is 12.4 Å². The van der Waals surface area contributed by atoms with Gasteiger partial charge >= 0.3 is 0 Å². The van der Waals surface area contributed by atoms with E-state index in [1.54, 1.807) is 7.11 Å². The number of fused-ring (bicyclic) bond motifs is 1. The Labute approximate surface area is 149 Å². The highest BCUT2D eigenvalue weighted by atomic mass is 35.5. The zero-order valence-corrected chi connectivity index (χ0v) is 14.5. The number of rotatable bonds is 4. The van der Waals surface area contributed by atoms with E-state index in [1.807, 2.05) is 29.2 Å². The van der Waals surface area contributed by atoms with Crippen molar-refractivity contribution in [2.45, 2.75) is 18.5 Å². The molecule has 2 atom stereocenters. The van der Waals surface area contributed by atoms with Crippen molar-refractivity contribution in [1.29, 1.82) is 0 Å². The van der Waals surface area contributed by atoms with Gasteiger partial charge in [0.15, 0.2) is 0 Å². The Morgan fingerprint density at radius 1 is 1.21 bits per heavy atom. The summed E-state index contributed by atoms with van der Waals surface area (Å²) >= 11 is 0. The molecule has 1 aliphatic heterocycles. The second kappa shape index (κ2) is 8.29. The van der Waals surface area contributed by atoms with E-state index in [1.165, 1.54) is 16.7 Å². The predicted molar refractivity (Wildman–Crippen MR) is 97.2 cm³/mol. The maximum absolute atomic E-state index is 12.6. The van der Waals surface area contributed by atoms with Gasteiger partial charge in [0.25, 0.3) is 0 Å². The normalized spacial score (nSPS) is 17.6. The Morgan fingerprint density at radius 3 is 2.58 bits per heavy atom. The minimum Gasteiger partial charge on any atom is -0.383 e. The van der Waals surface area contributed by atoms with Gasteiger partial charge in [-0.05, 0) is 16.7 Å². The molecule has 24 heavy (non-hydrogen) atoms. The van der Waals surface area contributed by atoms with Gasteiger partial charge in [0.2, 0.25) is 5.91 Å². The molecule has 128 valence electrons. The van der Waals surface area contributed by atoms with Gasteiger partial charge in [-0.2, -0.15) is 0 Å². The van der Waals surface area contributed by atoms with Crippen molar-refractivity contribution in [2.24, 2.45) is 5.73 Å². The molecule has 0 spiro atoms. The second-order valence-corrected chi connectivity index (χ2v) is 5.94. The molecule has 0 bridgehead atoms. The molecule has 0 fully saturated rings. The summed E-state index contributed by atoms with van der Waals surface area (Å²) in [6, 6.07) is 18.0. The van der Waals surface area contributed by atoms with Gasteiger partial charge in [-0.15, -0.1) is 12.4 Å². The smallest absolute Gasteiger partial charge is 0.242 e. The van der Waals surface area contributed by atoms with Crippen molar-refractivity contribution in [1.82, 2.24) is 4.90 Å². The van der Waals surface area contributed by atoms with Gasteiger partial charge in [0, 0.05) is 26.1 Å². The molecule has 2 N–H and O–H groups in total. The lowest BCUT2D eigenvalue weighted by atomic mass is 9.84. The molecule has 0 aromatic heterocycles. The Kier molecular flexibility index (Phi) is 6.37. The molecule has 1 amide bonds. The van der Waals surface area contributed by atoms with E-state index < -0.39 is 6.04 Å². The molecule has 0 radical (unpaired) electrons. The lowest BCUT2D eigenvalue weighted by molar-refractivity contribution is -0.134. The van der Waals surface area contributed by atoms with Gasteiger partial charge in [-0.25, -0.2) is 0 Å². The summed E-state index contributed by atoms with van der Waals surface area (Å²) < 4.78 is 5.02. The van der Waals surface area contributed by atoms with Crippen LogP contribution in [0.1, 0.15) is 22.6 Å². The van der Waals surface area contributed by atoms with Crippen molar-refractivity contribution in [3.05, 3.63) is 71.3 Å². The number of methoxy groups -OCH3 is 1. The summed E-state index contributed by atoms with van der Waals surface area (Å²) in [4.78, 5) is 14.4. The molecule has 5 heteroatoms. The Hall–Kier alpha value is -1.88. The van der Waals surface area contributed by atoms with Gasteiger partial charge < -0.3 is 15.4 Å². The molecule has 0 saturated carbocycles. The summed E-state index contributed by atoms with van der Waals surface area (Å²) in [5, 5.41) is 0. The summed E-state index contributed by atoms with van der Waals surface area (Å²) in [7, 11) is 1.56. The Bertz CT molecular complexity index is 678. The molecule has 0 saturated heterocycles. The van der Waals surface area contributed by atoms with E-state index in [2.05, 4.69) is 30.3 Å². The molecular weight excluding hydrogens is 324 g/mol. The zero-order chi connectivity index (χ0) is 16.2. The fourth-order valence-electron chi connectivity index (χ4n) is 3.23. The lowest BCUT2D eigenvalue weighted by Crippen LogP contribution is -2.48. The van der Waals surface area contributed by atoms with Gasteiger partial charge in [0.05, 0.1) is 6.61 Å². The number of nitrogens with zero attached hydrogens (tertiary/aromatic N) is 1. The first-order chi connectivity index (χ1) is 11.2. The quantitative estimate of drug-likeness (QED) is 0.925. The largest absolute Gasteiger partial charge is 0.383 e. The van der Waals surface area contributed by atoms with Crippen LogP contribution < -0.4 is 5.73 Å². The number of halogens is 1. The van der Waals surface area contributed by atoms with Crippen LogP contribution in [0.3, 0.4) is 0 Å². The number of nitrogens with two attached hydrogens (primary N) is 1. The second-order valence-electron chi connectivity index (χ2n) is 5.94. The first-order valence-electron chi connectivity index (χ1n) is 7.86. The van der Waals surface area contributed by atoms with E-state index in [9.17, 15) is 4.79 Å². The van der Waals surface area contributed by atoms with E-state index in [4.69, 9.17) is 10.5 Å². The zero-order valence-electron chi connectivity index (χ0n) is 13.7. The average Bonchev–Trinajstić information content (AvgIpc) is 2.61. The van der Waals surface area contributed by atoms with Crippen molar-refractivity contribution in [2.75, 3.05) is 20.3 Å². The van der Waals surface area contributed by atoms with Crippen molar-refractivity contribution in [3.8, 4) is 0 Å². The third kappa shape index (κ3) is 3.78.